The molecule has 0 aromatic carbocycles. The van der Waals surface area contributed by atoms with Gasteiger partial charge in [-0.25, -0.2) is 0 Å². The van der Waals surface area contributed by atoms with Crippen LogP contribution in [0.25, 0.3) is 11.5 Å². The van der Waals surface area contributed by atoms with Crippen LogP contribution in [0, 0.1) is 0 Å². The molecule has 0 unspecified atom stereocenters. The Bertz CT molecular complexity index is 995. The highest BCUT2D eigenvalue weighted by molar-refractivity contribution is 7.12. The molecule has 8 heteroatoms. The SMILES string of the molecule is CC(=O)c1cc(CC(=O)N2Cc3nnc(-c4ccccn4)n3[C@@H](C)C2)cs1. The molecular weight excluding hydrogens is 362 g/mol. The second kappa shape index (κ2) is 7.03. The summed E-state index contributed by atoms with van der Waals surface area (Å²) in [7, 11) is 0. The zero-order chi connectivity index (χ0) is 19.0. The molecule has 4 heterocycles. The highest BCUT2D eigenvalue weighted by atomic mass is 32.1. The Morgan fingerprint density at radius 1 is 1.30 bits per heavy atom. The normalized spacial score (nSPS) is 16.2. The average molecular weight is 381 g/mol. The molecule has 1 aliphatic heterocycles. The van der Waals surface area contributed by atoms with E-state index in [1.54, 1.807) is 12.3 Å². The first-order valence-electron chi connectivity index (χ1n) is 8.74. The van der Waals surface area contributed by atoms with E-state index in [9.17, 15) is 9.59 Å². The first kappa shape index (κ1) is 17.5. The molecule has 1 amide bonds. The molecule has 27 heavy (non-hydrogen) atoms. The van der Waals surface area contributed by atoms with Crippen LogP contribution in [-0.4, -0.2) is 42.9 Å². The third-order valence-electron chi connectivity index (χ3n) is 4.63. The minimum atomic E-state index is 0.0282. The van der Waals surface area contributed by atoms with Crippen molar-refractivity contribution in [3.05, 3.63) is 52.1 Å². The van der Waals surface area contributed by atoms with Crippen molar-refractivity contribution in [3.8, 4) is 11.5 Å². The average Bonchev–Trinajstić information content (AvgIpc) is 3.29. The van der Waals surface area contributed by atoms with Gasteiger partial charge in [-0.3, -0.25) is 14.6 Å². The molecular formula is C19H19N5O2S. The molecule has 4 rings (SSSR count). The number of hydrogen-bond acceptors (Lipinski definition) is 6. The van der Waals surface area contributed by atoms with Crippen LogP contribution < -0.4 is 0 Å². The maximum absolute atomic E-state index is 12.8. The number of hydrogen-bond donors (Lipinski definition) is 0. The van der Waals surface area contributed by atoms with E-state index in [-0.39, 0.29) is 24.2 Å². The predicted molar refractivity (Wildman–Crippen MR) is 101 cm³/mol. The molecule has 3 aromatic rings. The molecule has 0 fully saturated rings. The Balaban J connectivity index is 1.52. The standard InChI is InChI=1S/C19H19N5O2S/c1-12-9-23(18(26)8-14-7-16(13(2)25)27-11-14)10-17-21-22-19(24(12)17)15-5-3-4-6-20-15/h3-7,11-12H,8-10H2,1-2H3/t12-/m0/s1. The van der Waals surface area contributed by atoms with Crippen molar-refractivity contribution in [1.82, 2.24) is 24.6 Å². The molecule has 0 radical (unpaired) electrons. The number of nitrogens with zero attached hydrogens (tertiary/aromatic N) is 5. The van der Waals surface area contributed by atoms with Crippen LogP contribution in [0.4, 0.5) is 0 Å². The van der Waals surface area contributed by atoms with Gasteiger partial charge in [-0.1, -0.05) is 6.07 Å². The highest BCUT2D eigenvalue weighted by Crippen LogP contribution is 2.27. The van der Waals surface area contributed by atoms with E-state index in [0.29, 0.717) is 18.0 Å². The van der Waals surface area contributed by atoms with Gasteiger partial charge in [0.2, 0.25) is 5.91 Å². The van der Waals surface area contributed by atoms with Crippen LogP contribution in [0.3, 0.4) is 0 Å². The maximum Gasteiger partial charge on any atom is 0.227 e. The third kappa shape index (κ3) is 3.40. The fraction of sp³-hybridized carbons (Fsp3) is 0.316. The summed E-state index contributed by atoms with van der Waals surface area (Å²) in [6.45, 7) is 4.60. The molecule has 3 aromatic heterocycles. The first-order chi connectivity index (χ1) is 13.0. The number of amides is 1. The Morgan fingerprint density at radius 2 is 2.15 bits per heavy atom. The Kier molecular flexibility index (Phi) is 4.57. The lowest BCUT2D eigenvalue weighted by Crippen LogP contribution is -2.41. The minimum absolute atomic E-state index is 0.0282. The summed E-state index contributed by atoms with van der Waals surface area (Å²) in [5.41, 5.74) is 1.65. The summed E-state index contributed by atoms with van der Waals surface area (Å²) in [4.78, 5) is 31.0. The molecule has 0 saturated carbocycles. The number of aromatic nitrogens is 4. The van der Waals surface area contributed by atoms with Crippen LogP contribution in [-0.2, 0) is 17.8 Å². The zero-order valence-corrected chi connectivity index (χ0v) is 15.9. The fourth-order valence-corrected chi connectivity index (χ4v) is 4.14. The summed E-state index contributed by atoms with van der Waals surface area (Å²) >= 11 is 1.38. The van der Waals surface area contributed by atoms with Crippen molar-refractivity contribution in [2.45, 2.75) is 32.9 Å². The van der Waals surface area contributed by atoms with Gasteiger partial charge in [0.15, 0.2) is 17.4 Å². The summed E-state index contributed by atoms with van der Waals surface area (Å²) in [6.07, 6.45) is 2.02. The second-order valence-electron chi connectivity index (χ2n) is 6.70. The fourth-order valence-electron chi connectivity index (χ4n) is 3.33. The molecule has 7 nitrogen and oxygen atoms in total. The molecule has 0 saturated heterocycles. The number of carbonyl (C=O) groups is 2. The van der Waals surface area contributed by atoms with Crippen LogP contribution in [0.15, 0.2) is 35.8 Å². The lowest BCUT2D eigenvalue weighted by molar-refractivity contribution is -0.132. The van der Waals surface area contributed by atoms with E-state index < -0.39 is 0 Å². The van der Waals surface area contributed by atoms with E-state index in [1.165, 1.54) is 18.3 Å². The van der Waals surface area contributed by atoms with E-state index in [1.807, 2.05) is 28.5 Å². The van der Waals surface area contributed by atoms with Gasteiger partial charge in [0, 0.05) is 12.7 Å². The monoisotopic (exact) mass is 381 g/mol. The van der Waals surface area contributed by atoms with E-state index in [4.69, 9.17) is 0 Å². The summed E-state index contributed by atoms with van der Waals surface area (Å²) in [5.74, 6) is 1.55. The number of thiophene rings is 1. The smallest absolute Gasteiger partial charge is 0.227 e. The summed E-state index contributed by atoms with van der Waals surface area (Å²) < 4.78 is 2.06. The lowest BCUT2D eigenvalue weighted by atomic mass is 10.1. The van der Waals surface area contributed by atoms with Crippen molar-refractivity contribution in [2.24, 2.45) is 0 Å². The van der Waals surface area contributed by atoms with Crippen molar-refractivity contribution < 1.29 is 9.59 Å². The van der Waals surface area contributed by atoms with Crippen LogP contribution >= 0.6 is 11.3 Å². The van der Waals surface area contributed by atoms with E-state index in [2.05, 4.69) is 26.7 Å². The first-order valence-corrected chi connectivity index (χ1v) is 9.62. The van der Waals surface area contributed by atoms with Crippen molar-refractivity contribution in [2.75, 3.05) is 6.54 Å². The maximum atomic E-state index is 12.8. The van der Waals surface area contributed by atoms with Gasteiger partial charge in [-0.15, -0.1) is 21.5 Å². The number of Topliss-reactive ketones (excluding diaryl/α,β-unsaturated/α-hetero) is 1. The van der Waals surface area contributed by atoms with Crippen LogP contribution in [0.5, 0.6) is 0 Å². The molecule has 138 valence electrons. The number of carbonyl (C=O) groups excluding carboxylic acids is 2. The molecule has 1 atom stereocenters. The van der Waals surface area contributed by atoms with E-state index >= 15 is 0 Å². The minimum Gasteiger partial charge on any atom is -0.333 e. The number of ketones is 1. The summed E-state index contributed by atoms with van der Waals surface area (Å²) in [6, 6.07) is 7.55. The molecule has 0 bridgehead atoms. The quantitative estimate of drug-likeness (QED) is 0.649. The topological polar surface area (TPSA) is 81.0 Å². The van der Waals surface area contributed by atoms with Gasteiger partial charge >= 0.3 is 0 Å². The van der Waals surface area contributed by atoms with Gasteiger partial charge in [0.25, 0.3) is 0 Å². The van der Waals surface area contributed by atoms with Gasteiger partial charge in [0.05, 0.1) is 23.9 Å². The van der Waals surface area contributed by atoms with Crippen molar-refractivity contribution in [3.63, 3.8) is 0 Å². The zero-order valence-electron chi connectivity index (χ0n) is 15.1. The summed E-state index contributed by atoms with van der Waals surface area (Å²) in [5, 5.41) is 10.5. The second-order valence-corrected chi connectivity index (χ2v) is 7.61. The lowest BCUT2D eigenvalue weighted by Gasteiger charge is -2.32. The molecule has 0 N–H and O–H groups in total. The van der Waals surface area contributed by atoms with E-state index in [0.717, 1.165) is 22.9 Å². The Labute approximate surface area is 160 Å². The van der Waals surface area contributed by atoms with Gasteiger partial charge < -0.3 is 9.47 Å². The molecule has 0 spiro atoms. The number of pyridine rings is 1. The molecule has 0 aliphatic carbocycles. The Hall–Kier alpha value is -2.87. The highest BCUT2D eigenvalue weighted by Gasteiger charge is 2.30. The van der Waals surface area contributed by atoms with Gasteiger partial charge in [-0.2, -0.15) is 0 Å². The predicted octanol–water partition coefficient (Wildman–Crippen LogP) is 2.75. The van der Waals surface area contributed by atoms with Crippen LogP contribution in [0.1, 0.15) is 40.9 Å². The largest absolute Gasteiger partial charge is 0.333 e. The Morgan fingerprint density at radius 3 is 2.85 bits per heavy atom. The number of rotatable bonds is 4. The van der Waals surface area contributed by atoms with Gasteiger partial charge in [0.1, 0.15) is 5.69 Å². The van der Waals surface area contributed by atoms with Gasteiger partial charge in [-0.05, 0) is 43.0 Å². The van der Waals surface area contributed by atoms with Crippen molar-refractivity contribution >= 4 is 23.0 Å². The van der Waals surface area contributed by atoms with Crippen LogP contribution in [0.2, 0.25) is 0 Å². The third-order valence-corrected chi connectivity index (χ3v) is 5.71. The molecule has 1 aliphatic rings. The number of fused-ring (bicyclic) bond motifs is 1. The van der Waals surface area contributed by atoms with Crippen molar-refractivity contribution in [1.29, 1.82) is 0 Å².